The van der Waals surface area contributed by atoms with E-state index in [1.807, 2.05) is 20.2 Å². The molecule has 2 amide bonds. The van der Waals surface area contributed by atoms with E-state index in [4.69, 9.17) is 9.57 Å². The molecule has 0 spiro atoms. The van der Waals surface area contributed by atoms with Crippen LogP contribution in [0.1, 0.15) is 56.7 Å². The fourth-order valence-electron chi connectivity index (χ4n) is 4.37. The molecule has 0 aromatic carbocycles. The number of rotatable bonds is 8. The zero-order valence-electron chi connectivity index (χ0n) is 21.8. The van der Waals surface area contributed by atoms with Gasteiger partial charge < -0.3 is 9.64 Å². The first kappa shape index (κ1) is 27.2. The molecule has 4 rings (SSSR count). The lowest BCUT2D eigenvalue weighted by Gasteiger charge is -2.29. The summed E-state index contributed by atoms with van der Waals surface area (Å²) in [6.07, 6.45) is 6.51. The minimum atomic E-state index is -3.82. The maximum absolute atomic E-state index is 12.9. The maximum atomic E-state index is 12.9. The van der Waals surface area contributed by atoms with Crippen molar-refractivity contribution in [3.63, 3.8) is 0 Å². The molecule has 37 heavy (non-hydrogen) atoms. The summed E-state index contributed by atoms with van der Waals surface area (Å²) >= 11 is 0. The number of sulfone groups is 1. The van der Waals surface area contributed by atoms with Crippen LogP contribution in [0.3, 0.4) is 0 Å². The van der Waals surface area contributed by atoms with Crippen molar-refractivity contribution in [2.75, 3.05) is 33.5 Å². The Morgan fingerprint density at radius 3 is 2.68 bits per heavy atom. The van der Waals surface area contributed by atoms with Gasteiger partial charge in [-0.05, 0) is 71.0 Å². The highest BCUT2D eigenvalue weighted by Crippen LogP contribution is 2.39. The van der Waals surface area contributed by atoms with Crippen molar-refractivity contribution in [2.45, 2.75) is 68.6 Å². The summed E-state index contributed by atoms with van der Waals surface area (Å²) in [4.78, 5) is 34.7. The minimum Gasteiger partial charge on any atom is -0.350 e. The van der Waals surface area contributed by atoms with Crippen molar-refractivity contribution < 1.29 is 27.6 Å². The van der Waals surface area contributed by atoms with Crippen LogP contribution in [0.5, 0.6) is 0 Å². The molecule has 1 aromatic heterocycles. The van der Waals surface area contributed by atoms with Crippen molar-refractivity contribution in [2.24, 2.45) is 0 Å². The third-order valence-electron chi connectivity index (χ3n) is 7.45. The molecule has 2 atom stereocenters. The van der Waals surface area contributed by atoms with Gasteiger partial charge in [-0.1, -0.05) is 11.8 Å². The predicted molar refractivity (Wildman–Crippen MR) is 137 cm³/mol. The van der Waals surface area contributed by atoms with Gasteiger partial charge in [0.2, 0.25) is 0 Å². The Labute approximate surface area is 218 Å². The van der Waals surface area contributed by atoms with E-state index in [0.717, 1.165) is 37.6 Å². The van der Waals surface area contributed by atoms with E-state index in [1.54, 1.807) is 6.20 Å². The summed E-state index contributed by atoms with van der Waals surface area (Å²) in [6.45, 7) is 2.25. The summed E-state index contributed by atoms with van der Waals surface area (Å²) in [5.41, 5.74) is 3.65. The molecule has 1 aliphatic carbocycles. The zero-order chi connectivity index (χ0) is 26.8. The molecule has 1 saturated heterocycles. The fourth-order valence-corrected chi connectivity index (χ4v) is 5.21. The Kier molecular flexibility index (Phi) is 7.72. The molecule has 2 aliphatic heterocycles. The Bertz CT molecular complexity index is 1290. The molecule has 3 heterocycles. The zero-order valence-corrected chi connectivity index (χ0v) is 22.6. The standard InChI is InChI=1S/C26H34N4O6S/c1-25(37(4,33)34,23(31)27-36-22-10-6-8-16-35-22)14-15-29-19-21-17-20(18-30(21)24(29)32)9-5-7-11-26(12-13-26)28(2)3/h17-18,22H,6,8,10,12-16,19H2,1-4H3,(H,27,31)/t22?,25-/m1/s1. The Hall–Kier alpha value is -2.83. The first-order chi connectivity index (χ1) is 17.4. The van der Waals surface area contributed by atoms with Gasteiger partial charge in [-0.25, -0.2) is 23.5 Å². The van der Waals surface area contributed by atoms with Crippen LogP contribution in [-0.2, 0) is 30.8 Å². The van der Waals surface area contributed by atoms with Crippen LogP contribution < -0.4 is 5.48 Å². The quantitative estimate of drug-likeness (QED) is 0.401. The number of hydroxylamine groups is 1. The van der Waals surface area contributed by atoms with E-state index in [1.165, 1.54) is 16.4 Å². The van der Waals surface area contributed by atoms with Gasteiger partial charge in [0, 0.05) is 43.3 Å². The summed E-state index contributed by atoms with van der Waals surface area (Å²) in [6, 6.07) is 1.54. The van der Waals surface area contributed by atoms with Gasteiger partial charge in [-0.2, -0.15) is 0 Å². The molecule has 0 radical (unpaired) electrons. The molecule has 0 bridgehead atoms. The number of ether oxygens (including phenoxy) is 1. The highest BCUT2D eigenvalue weighted by molar-refractivity contribution is 7.92. The van der Waals surface area contributed by atoms with Gasteiger partial charge in [0.1, 0.15) is 0 Å². The van der Waals surface area contributed by atoms with Crippen LogP contribution in [0.15, 0.2) is 12.3 Å². The van der Waals surface area contributed by atoms with Gasteiger partial charge >= 0.3 is 6.03 Å². The first-order valence-corrected chi connectivity index (χ1v) is 14.3. The number of carbonyl (C=O) groups is 2. The lowest BCUT2D eigenvalue weighted by atomic mass is 10.1. The van der Waals surface area contributed by atoms with Crippen molar-refractivity contribution in [1.29, 1.82) is 0 Å². The number of hydrogen-bond acceptors (Lipinski definition) is 7. The number of aromatic nitrogens is 1. The van der Waals surface area contributed by atoms with Gasteiger partial charge in [0.25, 0.3) is 5.91 Å². The van der Waals surface area contributed by atoms with E-state index in [9.17, 15) is 18.0 Å². The van der Waals surface area contributed by atoms with E-state index in [0.29, 0.717) is 25.1 Å². The molecule has 1 unspecified atom stereocenters. The number of fused-ring (bicyclic) bond motifs is 1. The summed E-state index contributed by atoms with van der Waals surface area (Å²) in [5.74, 6) is 11.2. The first-order valence-electron chi connectivity index (χ1n) is 12.4. The largest absolute Gasteiger partial charge is 0.350 e. The van der Waals surface area contributed by atoms with Gasteiger partial charge in [-0.3, -0.25) is 14.3 Å². The second-order valence-electron chi connectivity index (χ2n) is 10.3. The molecular formula is C26H34N4O6S. The van der Waals surface area contributed by atoms with E-state index in [2.05, 4.69) is 34.1 Å². The van der Waals surface area contributed by atoms with Gasteiger partial charge in [0.15, 0.2) is 20.9 Å². The van der Waals surface area contributed by atoms with Crippen LogP contribution in [-0.4, -0.2) is 84.8 Å². The normalized spacial score (nSPS) is 21.8. The highest BCUT2D eigenvalue weighted by atomic mass is 32.2. The number of carbonyl (C=O) groups excluding carboxylic acids is 2. The molecular weight excluding hydrogens is 496 g/mol. The van der Waals surface area contributed by atoms with Gasteiger partial charge in [0.05, 0.1) is 12.1 Å². The van der Waals surface area contributed by atoms with Crippen LogP contribution in [0.4, 0.5) is 4.79 Å². The fraction of sp³-hybridized carbons (Fsp3) is 0.615. The number of hydrogen-bond donors (Lipinski definition) is 1. The minimum absolute atomic E-state index is 0.0547. The molecule has 2 fully saturated rings. The molecule has 1 N–H and O–H groups in total. The third kappa shape index (κ3) is 5.86. The third-order valence-corrected chi connectivity index (χ3v) is 9.48. The highest BCUT2D eigenvalue weighted by Gasteiger charge is 2.45. The Morgan fingerprint density at radius 2 is 2.08 bits per heavy atom. The van der Waals surface area contributed by atoms with E-state index in [-0.39, 0.29) is 24.5 Å². The monoisotopic (exact) mass is 530 g/mol. The smallest absolute Gasteiger partial charge is 0.328 e. The average Bonchev–Trinajstić information content (AvgIpc) is 3.46. The summed E-state index contributed by atoms with van der Waals surface area (Å²) < 4.78 is 30.3. The van der Waals surface area contributed by atoms with Crippen molar-refractivity contribution >= 4 is 21.8 Å². The maximum Gasteiger partial charge on any atom is 0.328 e. The predicted octanol–water partition coefficient (Wildman–Crippen LogP) is 1.49. The molecule has 200 valence electrons. The van der Waals surface area contributed by atoms with E-state index >= 15 is 0 Å². The SMILES string of the molecule is CN(C)C1(C#CC#Cc2cc3n(c2)C(=O)N(CC[C@](C)(C(=O)NOC2CCCCO2)S(C)(=O)=O)C3)CC1. The number of nitrogens with one attached hydrogen (secondary N) is 1. The van der Waals surface area contributed by atoms with E-state index < -0.39 is 26.8 Å². The average molecular weight is 531 g/mol. The van der Waals surface area contributed by atoms with Crippen molar-refractivity contribution in [1.82, 2.24) is 19.8 Å². The second kappa shape index (κ2) is 10.5. The summed E-state index contributed by atoms with van der Waals surface area (Å²) in [7, 11) is 0.197. The molecule has 3 aliphatic rings. The number of amides is 2. The van der Waals surface area contributed by atoms with Crippen LogP contribution in [0.2, 0.25) is 0 Å². The van der Waals surface area contributed by atoms with Crippen LogP contribution >= 0.6 is 0 Å². The lowest BCUT2D eigenvalue weighted by Crippen LogP contribution is -2.52. The Morgan fingerprint density at radius 1 is 1.32 bits per heavy atom. The van der Waals surface area contributed by atoms with Crippen LogP contribution in [0, 0.1) is 23.7 Å². The molecule has 1 saturated carbocycles. The van der Waals surface area contributed by atoms with Crippen molar-refractivity contribution in [3.8, 4) is 23.7 Å². The lowest BCUT2D eigenvalue weighted by molar-refractivity contribution is -0.201. The van der Waals surface area contributed by atoms with Crippen LogP contribution in [0.25, 0.3) is 0 Å². The Balaban J connectivity index is 1.36. The molecule has 11 heteroatoms. The van der Waals surface area contributed by atoms with Gasteiger partial charge in [-0.15, -0.1) is 0 Å². The molecule has 1 aromatic rings. The summed E-state index contributed by atoms with van der Waals surface area (Å²) in [5, 5.41) is 0. The number of nitrogens with zero attached hydrogens (tertiary/aromatic N) is 3. The molecule has 10 nitrogen and oxygen atoms in total. The van der Waals surface area contributed by atoms with Crippen molar-refractivity contribution in [3.05, 3.63) is 23.5 Å². The topological polar surface area (TPSA) is 110 Å². The second-order valence-corrected chi connectivity index (χ2v) is 12.8.